The SMILES string of the molecule is CCCCCC/C=C\C/C=C\CCCCCCCCCC(=O)OCCCCCCCCCCCCCCCCC(=O)NC(CO)C(O)CCCCCCCCCCCCC. The Bertz CT molecular complexity index is 935. The minimum Gasteiger partial charge on any atom is -0.466 e. The number of hydrogen-bond donors (Lipinski definition) is 3. The number of nitrogens with one attached hydrogen (secondary N) is 1. The molecule has 0 heterocycles. The Morgan fingerprint density at radius 2 is 0.833 bits per heavy atom. The van der Waals surface area contributed by atoms with Crippen molar-refractivity contribution in [2.24, 2.45) is 0 Å². The van der Waals surface area contributed by atoms with E-state index in [-0.39, 0.29) is 18.5 Å². The predicted octanol–water partition coefficient (Wildman–Crippen LogP) is 15.9. The Labute approximate surface area is 373 Å². The number of carbonyl (C=O) groups is 2. The molecule has 0 rings (SSSR count). The first kappa shape index (κ1) is 58.3. The van der Waals surface area contributed by atoms with Crippen LogP contribution in [0.4, 0.5) is 0 Å². The first-order valence-electron chi connectivity index (χ1n) is 26.6. The summed E-state index contributed by atoms with van der Waals surface area (Å²) in [5, 5.41) is 23.1. The normalized spacial score (nSPS) is 12.8. The highest BCUT2D eigenvalue weighted by Crippen LogP contribution is 2.16. The van der Waals surface area contributed by atoms with E-state index >= 15 is 0 Å². The monoisotopic (exact) mass is 846 g/mol. The number of ether oxygens (including phenoxy) is 1. The molecule has 0 radical (unpaired) electrons. The first-order chi connectivity index (χ1) is 29.5. The minimum absolute atomic E-state index is 0.00966. The standard InChI is InChI=1S/C54H103NO5/c1-3-5-7-9-11-13-15-16-17-18-19-20-24-28-32-36-40-44-48-54(59)60-49-45-41-37-33-29-25-22-21-23-27-31-35-39-43-47-53(58)55-51(50-56)52(57)46-42-38-34-30-26-14-12-10-8-6-4-2/h13,15,17-18,51-52,56-57H,3-12,14,16,19-50H2,1-2H3,(H,55,58)/b15-13-,18-17-. The third-order valence-corrected chi connectivity index (χ3v) is 12.3. The van der Waals surface area contributed by atoms with Gasteiger partial charge in [0.15, 0.2) is 0 Å². The molecule has 0 aliphatic rings. The van der Waals surface area contributed by atoms with Crippen LogP contribution in [0, 0.1) is 0 Å². The van der Waals surface area contributed by atoms with Crippen LogP contribution in [0.5, 0.6) is 0 Å². The second kappa shape index (κ2) is 50.0. The second-order valence-electron chi connectivity index (χ2n) is 18.2. The lowest BCUT2D eigenvalue weighted by molar-refractivity contribution is -0.143. The van der Waals surface area contributed by atoms with Crippen molar-refractivity contribution in [3.63, 3.8) is 0 Å². The molecule has 0 aliphatic heterocycles. The molecule has 1 amide bonds. The average Bonchev–Trinajstić information content (AvgIpc) is 3.25. The molecular weight excluding hydrogens is 743 g/mol. The Hall–Kier alpha value is -1.66. The Balaban J connectivity index is 3.42. The average molecular weight is 846 g/mol. The molecule has 0 saturated heterocycles. The summed E-state index contributed by atoms with van der Waals surface area (Å²) in [6.07, 6.45) is 58.6. The van der Waals surface area contributed by atoms with E-state index in [1.807, 2.05) is 0 Å². The van der Waals surface area contributed by atoms with Gasteiger partial charge in [-0.1, -0.05) is 237 Å². The number of aliphatic hydroxyl groups excluding tert-OH is 2. The smallest absolute Gasteiger partial charge is 0.305 e. The zero-order chi connectivity index (χ0) is 43.7. The van der Waals surface area contributed by atoms with E-state index in [4.69, 9.17) is 4.74 Å². The number of amides is 1. The number of unbranched alkanes of at least 4 members (excludes halogenated alkanes) is 34. The third-order valence-electron chi connectivity index (χ3n) is 12.3. The lowest BCUT2D eigenvalue weighted by atomic mass is 10.0. The molecule has 0 aromatic heterocycles. The molecule has 0 bridgehead atoms. The maximum absolute atomic E-state index is 12.4. The van der Waals surface area contributed by atoms with Crippen LogP contribution in [0.25, 0.3) is 0 Å². The molecular formula is C54H103NO5. The van der Waals surface area contributed by atoms with E-state index in [1.165, 1.54) is 193 Å². The van der Waals surface area contributed by atoms with E-state index < -0.39 is 12.1 Å². The fourth-order valence-corrected chi connectivity index (χ4v) is 8.14. The largest absolute Gasteiger partial charge is 0.466 e. The van der Waals surface area contributed by atoms with Gasteiger partial charge in [-0.25, -0.2) is 0 Å². The predicted molar refractivity (Wildman–Crippen MR) is 260 cm³/mol. The van der Waals surface area contributed by atoms with E-state index in [0.29, 0.717) is 25.9 Å². The van der Waals surface area contributed by atoms with Crippen LogP contribution in [0.1, 0.15) is 284 Å². The van der Waals surface area contributed by atoms with Crippen molar-refractivity contribution in [1.82, 2.24) is 5.32 Å². The first-order valence-corrected chi connectivity index (χ1v) is 26.6. The quantitative estimate of drug-likeness (QED) is 0.0322. The van der Waals surface area contributed by atoms with E-state index in [2.05, 4.69) is 43.5 Å². The van der Waals surface area contributed by atoms with Crippen LogP contribution < -0.4 is 5.32 Å². The van der Waals surface area contributed by atoms with Crippen LogP contribution in [-0.4, -0.2) is 47.4 Å². The van der Waals surface area contributed by atoms with Gasteiger partial charge in [0.1, 0.15) is 0 Å². The molecule has 2 atom stereocenters. The van der Waals surface area contributed by atoms with Gasteiger partial charge in [0.25, 0.3) is 0 Å². The molecule has 0 aromatic carbocycles. The Kier molecular flexibility index (Phi) is 48.6. The number of allylic oxidation sites excluding steroid dienone is 4. The van der Waals surface area contributed by atoms with Crippen molar-refractivity contribution in [3.05, 3.63) is 24.3 Å². The molecule has 0 aliphatic carbocycles. The van der Waals surface area contributed by atoms with Crippen molar-refractivity contribution in [2.45, 2.75) is 296 Å². The molecule has 60 heavy (non-hydrogen) atoms. The molecule has 3 N–H and O–H groups in total. The minimum atomic E-state index is -0.670. The number of esters is 1. The molecule has 0 spiro atoms. The van der Waals surface area contributed by atoms with Gasteiger partial charge in [0, 0.05) is 12.8 Å². The summed E-state index contributed by atoms with van der Waals surface area (Å²) in [7, 11) is 0. The molecule has 2 unspecified atom stereocenters. The summed E-state index contributed by atoms with van der Waals surface area (Å²) >= 11 is 0. The summed E-state index contributed by atoms with van der Waals surface area (Å²) < 4.78 is 5.47. The van der Waals surface area contributed by atoms with Crippen molar-refractivity contribution in [1.29, 1.82) is 0 Å². The van der Waals surface area contributed by atoms with Gasteiger partial charge in [0.05, 0.1) is 25.4 Å². The lowest BCUT2D eigenvalue weighted by Crippen LogP contribution is -2.45. The van der Waals surface area contributed by atoms with Crippen LogP contribution in [0.15, 0.2) is 24.3 Å². The van der Waals surface area contributed by atoms with Crippen molar-refractivity contribution in [3.8, 4) is 0 Å². The molecule has 0 fully saturated rings. The van der Waals surface area contributed by atoms with Gasteiger partial charge in [-0.2, -0.15) is 0 Å². The van der Waals surface area contributed by atoms with Gasteiger partial charge in [-0.05, 0) is 57.8 Å². The van der Waals surface area contributed by atoms with E-state index in [9.17, 15) is 19.8 Å². The van der Waals surface area contributed by atoms with E-state index in [0.717, 1.165) is 57.8 Å². The van der Waals surface area contributed by atoms with Gasteiger partial charge in [-0.15, -0.1) is 0 Å². The zero-order valence-electron chi connectivity index (χ0n) is 40.2. The molecule has 6 heteroatoms. The fraction of sp³-hybridized carbons (Fsp3) is 0.889. The summed E-state index contributed by atoms with van der Waals surface area (Å²) in [4.78, 5) is 24.5. The summed E-state index contributed by atoms with van der Waals surface area (Å²) in [6, 6.07) is -0.548. The molecule has 6 nitrogen and oxygen atoms in total. The zero-order valence-corrected chi connectivity index (χ0v) is 40.2. The van der Waals surface area contributed by atoms with E-state index in [1.54, 1.807) is 0 Å². The topological polar surface area (TPSA) is 95.9 Å². The Morgan fingerprint density at radius 3 is 1.28 bits per heavy atom. The highest BCUT2D eigenvalue weighted by atomic mass is 16.5. The lowest BCUT2D eigenvalue weighted by Gasteiger charge is -2.22. The summed E-state index contributed by atoms with van der Waals surface area (Å²) in [5.74, 6) is -0.0565. The van der Waals surface area contributed by atoms with Crippen molar-refractivity contribution in [2.75, 3.05) is 13.2 Å². The maximum atomic E-state index is 12.4. The van der Waals surface area contributed by atoms with Gasteiger partial charge < -0.3 is 20.3 Å². The van der Waals surface area contributed by atoms with Crippen molar-refractivity contribution >= 4 is 11.9 Å². The molecule has 0 saturated carbocycles. The highest BCUT2D eigenvalue weighted by Gasteiger charge is 2.20. The maximum Gasteiger partial charge on any atom is 0.305 e. The number of aliphatic hydroxyl groups is 2. The fourth-order valence-electron chi connectivity index (χ4n) is 8.14. The highest BCUT2D eigenvalue weighted by molar-refractivity contribution is 5.76. The number of carbonyl (C=O) groups excluding carboxylic acids is 2. The van der Waals surface area contributed by atoms with Crippen LogP contribution in [0.3, 0.4) is 0 Å². The van der Waals surface area contributed by atoms with Crippen molar-refractivity contribution < 1.29 is 24.5 Å². The van der Waals surface area contributed by atoms with Gasteiger partial charge in [0.2, 0.25) is 5.91 Å². The van der Waals surface area contributed by atoms with Crippen LogP contribution in [0.2, 0.25) is 0 Å². The van der Waals surface area contributed by atoms with Crippen LogP contribution >= 0.6 is 0 Å². The second-order valence-corrected chi connectivity index (χ2v) is 18.2. The number of rotatable bonds is 49. The van der Waals surface area contributed by atoms with Crippen LogP contribution in [-0.2, 0) is 14.3 Å². The van der Waals surface area contributed by atoms with Gasteiger partial charge >= 0.3 is 5.97 Å². The number of hydrogen-bond acceptors (Lipinski definition) is 5. The Morgan fingerprint density at radius 1 is 0.467 bits per heavy atom. The summed E-state index contributed by atoms with van der Waals surface area (Å²) in [5.41, 5.74) is 0. The molecule has 0 aromatic rings. The third kappa shape index (κ3) is 45.9. The van der Waals surface area contributed by atoms with Gasteiger partial charge in [-0.3, -0.25) is 9.59 Å². The summed E-state index contributed by atoms with van der Waals surface area (Å²) in [6.45, 7) is 4.90. The molecule has 354 valence electrons.